The van der Waals surface area contributed by atoms with Gasteiger partial charge in [0.1, 0.15) is 12.1 Å². The molecule has 0 atom stereocenters. The summed E-state index contributed by atoms with van der Waals surface area (Å²) in [6.45, 7) is 3.92. The Bertz CT molecular complexity index is 1160. The fourth-order valence-corrected chi connectivity index (χ4v) is 3.47. The summed E-state index contributed by atoms with van der Waals surface area (Å²) in [5.74, 6) is 0.362. The van der Waals surface area contributed by atoms with E-state index in [0.717, 1.165) is 21.3 Å². The van der Waals surface area contributed by atoms with Crippen LogP contribution >= 0.6 is 11.3 Å². The lowest BCUT2D eigenvalue weighted by Gasteiger charge is -2.09. The van der Waals surface area contributed by atoms with E-state index in [0.29, 0.717) is 10.9 Å². The van der Waals surface area contributed by atoms with Crippen molar-refractivity contribution in [1.82, 2.24) is 15.0 Å². The van der Waals surface area contributed by atoms with Crippen LogP contribution in [0.15, 0.2) is 48.8 Å². The van der Waals surface area contributed by atoms with Crippen molar-refractivity contribution in [2.45, 2.75) is 13.8 Å². The fraction of sp³-hybridized carbons (Fsp3) is 0.105. The van der Waals surface area contributed by atoms with E-state index >= 15 is 0 Å². The quantitative estimate of drug-likeness (QED) is 0.369. The molecule has 0 amide bonds. The number of aromatic nitrogens is 3. The van der Waals surface area contributed by atoms with Crippen LogP contribution < -0.4 is 10.1 Å². The van der Waals surface area contributed by atoms with E-state index < -0.39 is 4.92 Å². The molecule has 0 spiro atoms. The van der Waals surface area contributed by atoms with Gasteiger partial charge in [0, 0.05) is 0 Å². The summed E-state index contributed by atoms with van der Waals surface area (Å²) >= 11 is 1.38. The fourth-order valence-electron chi connectivity index (χ4n) is 2.61. The monoisotopic (exact) mass is 393 g/mol. The highest BCUT2D eigenvalue weighted by molar-refractivity contribution is 7.22. The van der Waals surface area contributed by atoms with Gasteiger partial charge in [-0.3, -0.25) is 10.1 Å². The van der Waals surface area contributed by atoms with Crippen LogP contribution in [0.5, 0.6) is 11.6 Å². The van der Waals surface area contributed by atoms with Crippen molar-refractivity contribution in [2.24, 2.45) is 0 Å². The molecular weight excluding hydrogens is 378 g/mol. The van der Waals surface area contributed by atoms with Gasteiger partial charge in [0.25, 0.3) is 0 Å². The van der Waals surface area contributed by atoms with E-state index in [9.17, 15) is 10.1 Å². The number of nitrogens with zero attached hydrogens (tertiary/aromatic N) is 4. The van der Waals surface area contributed by atoms with Crippen LogP contribution in [0.2, 0.25) is 0 Å². The molecule has 0 aliphatic carbocycles. The second-order valence-corrected chi connectivity index (χ2v) is 7.12. The molecule has 4 aromatic rings. The van der Waals surface area contributed by atoms with Gasteiger partial charge in [0.05, 0.1) is 15.1 Å². The van der Waals surface area contributed by atoms with Crippen molar-refractivity contribution in [1.29, 1.82) is 0 Å². The van der Waals surface area contributed by atoms with Gasteiger partial charge in [-0.2, -0.15) is 4.98 Å². The van der Waals surface area contributed by atoms with Crippen molar-refractivity contribution < 1.29 is 9.66 Å². The Labute approximate surface area is 164 Å². The Hall–Kier alpha value is -3.59. The zero-order chi connectivity index (χ0) is 19.7. The molecule has 8 nitrogen and oxygen atoms in total. The molecule has 2 aromatic carbocycles. The van der Waals surface area contributed by atoms with Gasteiger partial charge in [0.2, 0.25) is 5.82 Å². The third-order valence-corrected chi connectivity index (χ3v) is 5.14. The lowest BCUT2D eigenvalue weighted by atomic mass is 10.1. The number of hydrogen-bond donors (Lipinski definition) is 1. The largest absolute Gasteiger partial charge is 0.434 e. The second kappa shape index (κ2) is 7.20. The number of ether oxygens (including phenoxy) is 1. The molecule has 140 valence electrons. The SMILES string of the molecule is Cc1ccc(Oc2ncnc(Nc3nc4ccccc4s3)c2[N+](=O)[O-])cc1C. The maximum Gasteiger partial charge on any atom is 0.373 e. The van der Waals surface area contributed by atoms with Crippen LogP contribution in [-0.2, 0) is 0 Å². The molecule has 1 N–H and O–H groups in total. The van der Waals surface area contributed by atoms with Crippen LogP contribution in [0.4, 0.5) is 16.6 Å². The first-order valence-corrected chi connectivity index (χ1v) is 9.20. The smallest absolute Gasteiger partial charge is 0.373 e. The molecule has 0 bridgehead atoms. The van der Waals surface area contributed by atoms with E-state index in [1.165, 1.54) is 17.7 Å². The minimum absolute atomic E-state index is 0.0258. The van der Waals surface area contributed by atoms with Crippen LogP contribution in [-0.4, -0.2) is 19.9 Å². The number of thiazole rings is 1. The average molecular weight is 393 g/mol. The average Bonchev–Trinajstić information content (AvgIpc) is 3.07. The number of hydrogen-bond acceptors (Lipinski definition) is 8. The molecule has 0 saturated heterocycles. The Morgan fingerprint density at radius 2 is 1.93 bits per heavy atom. The molecule has 0 saturated carbocycles. The lowest BCUT2D eigenvalue weighted by molar-refractivity contribution is -0.385. The summed E-state index contributed by atoms with van der Waals surface area (Å²) in [6.07, 6.45) is 1.22. The molecule has 4 rings (SSSR count). The van der Waals surface area contributed by atoms with Crippen molar-refractivity contribution in [3.05, 3.63) is 70.0 Å². The van der Waals surface area contributed by atoms with Crippen molar-refractivity contribution >= 4 is 38.2 Å². The van der Waals surface area contributed by atoms with Crippen LogP contribution in [0.25, 0.3) is 10.2 Å². The van der Waals surface area contributed by atoms with E-state index in [1.807, 2.05) is 50.2 Å². The summed E-state index contributed by atoms with van der Waals surface area (Å²) in [5.41, 5.74) is 2.57. The van der Waals surface area contributed by atoms with E-state index in [4.69, 9.17) is 4.74 Å². The third kappa shape index (κ3) is 3.47. The van der Waals surface area contributed by atoms with Gasteiger partial charge in [-0.15, -0.1) is 0 Å². The van der Waals surface area contributed by atoms with Crippen LogP contribution in [0.3, 0.4) is 0 Å². The second-order valence-electron chi connectivity index (χ2n) is 6.09. The number of rotatable bonds is 5. The lowest BCUT2D eigenvalue weighted by Crippen LogP contribution is -2.03. The van der Waals surface area contributed by atoms with Crippen molar-refractivity contribution in [3.8, 4) is 11.6 Å². The van der Waals surface area contributed by atoms with Crippen LogP contribution in [0.1, 0.15) is 11.1 Å². The molecule has 9 heteroatoms. The first-order valence-electron chi connectivity index (χ1n) is 8.38. The molecule has 0 unspecified atom stereocenters. The maximum absolute atomic E-state index is 11.7. The van der Waals surface area contributed by atoms with Gasteiger partial charge >= 0.3 is 11.6 Å². The molecule has 0 aliphatic heterocycles. The highest BCUT2D eigenvalue weighted by atomic mass is 32.1. The summed E-state index contributed by atoms with van der Waals surface area (Å²) < 4.78 is 6.66. The zero-order valence-corrected chi connectivity index (χ0v) is 15.9. The Balaban J connectivity index is 1.70. The summed E-state index contributed by atoms with van der Waals surface area (Å²) in [6, 6.07) is 13.0. The number of benzene rings is 2. The predicted octanol–water partition coefficient (Wildman–Crippen LogP) is 5.15. The highest BCUT2D eigenvalue weighted by Gasteiger charge is 2.26. The number of para-hydroxylation sites is 1. The number of nitro groups is 1. The minimum Gasteiger partial charge on any atom is -0.434 e. The van der Waals surface area contributed by atoms with Crippen molar-refractivity contribution in [2.75, 3.05) is 5.32 Å². The summed E-state index contributed by atoms with van der Waals surface area (Å²) in [5, 5.41) is 15.1. The standard InChI is InChI=1S/C19H15N5O3S/c1-11-7-8-13(9-12(11)2)27-18-16(24(25)26)17(20-10-21-18)23-19-22-14-5-3-4-6-15(14)28-19/h3-10H,1-2H3,(H,20,21,22,23). The zero-order valence-electron chi connectivity index (χ0n) is 15.0. The van der Waals surface area contributed by atoms with E-state index in [2.05, 4.69) is 20.3 Å². The number of anilines is 2. The molecule has 0 radical (unpaired) electrons. The van der Waals surface area contributed by atoms with E-state index in [1.54, 1.807) is 6.07 Å². The molecule has 2 aromatic heterocycles. The molecule has 2 heterocycles. The predicted molar refractivity (Wildman–Crippen MR) is 108 cm³/mol. The van der Waals surface area contributed by atoms with Crippen LogP contribution in [0, 0.1) is 24.0 Å². The van der Waals surface area contributed by atoms with Gasteiger partial charge in [-0.1, -0.05) is 29.5 Å². The number of aryl methyl sites for hydroxylation is 2. The summed E-state index contributed by atoms with van der Waals surface area (Å²) in [7, 11) is 0. The van der Waals surface area contributed by atoms with Gasteiger partial charge in [-0.25, -0.2) is 9.97 Å². The normalized spacial score (nSPS) is 10.8. The summed E-state index contributed by atoms with van der Waals surface area (Å²) in [4.78, 5) is 23.6. The van der Waals surface area contributed by atoms with E-state index in [-0.39, 0.29) is 17.4 Å². The highest BCUT2D eigenvalue weighted by Crippen LogP contribution is 2.37. The molecule has 0 fully saturated rings. The minimum atomic E-state index is -0.563. The first kappa shape index (κ1) is 17.8. The Morgan fingerprint density at radius 3 is 2.68 bits per heavy atom. The Morgan fingerprint density at radius 1 is 1.11 bits per heavy atom. The maximum atomic E-state index is 11.7. The molecular formula is C19H15N5O3S. The van der Waals surface area contributed by atoms with Gasteiger partial charge < -0.3 is 10.1 Å². The third-order valence-electron chi connectivity index (χ3n) is 4.18. The first-order chi connectivity index (χ1) is 13.5. The number of nitrogens with one attached hydrogen (secondary N) is 1. The van der Waals surface area contributed by atoms with Gasteiger partial charge in [0.15, 0.2) is 5.13 Å². The topological polar surface area (TPSA) is 103 Å². The Kier molecular flexibility index (Phi) is 4.58. The molecule has 0 aliphatic rings. The van der Waals surface area contributed by atoms with Crippen molar-refractivity contribution in [3.63, 3.8) is 0 Å². The van der Waals surface area contributed by atoms with Gasteiger partial charge in [-0.05, 0) is 49.2 Å². The number of fused-ring (bicyclic) bond motifs is 1. The molecule has 28 heavy (non-hydrogen) atoms.